The first-order valence-electron chi connectivity index (χ1n) is 8.11. The summed E-state index contributed by atoms with van der Waals surface area (Å²) in [6.45, 7) is 2.22. The number of carboxylic acids is 1. The Morgan fingerprint density at radius 1 is 1.25 bits per heavy atom. The Labute approximate surface area is 175 Å². The Bertz CT molecular complexity index is 1020. The number of thioether (sulfide) groups is 1. The van der Waals surface area contributed by atoms with Crippen LogP contribution in [0.3, 0.4) is 0 Å². The second-order valence-corrected chi connectivity index (χ2v) is 7.58. The summed E-state index contributed by atoms with van der Waals surface area (Å²) in [5, 5.41) is 20.0. The number of aromatic hydroxyl groups is 1. The number of amidine groups is 1. The number of nitrogens with zero attached hydrogens (tertiary/aromatic N) is 2. The van der Waals surface area contributed by atoms with Crippen molar-refractivity contribution in [1.82, 2.24) is 4.90 Å². The first-order chi connectivity index (χ1) is 13.3. The van der Waals surface area contributed by atoms with Crippen LogP contribution in [-0.4, -0.2) is 38.7 Å². The first kappa shape index (κ1) is 20.3. The van der Waals surface area contributed by atoms with E-state index in [9.17, 15) is 14.7 Å². The van der Waals surface area contributed by atoms with Crippen molar-refractivity contribution in [2.24, 2.45) is 4.99 Å². The van der Waals surface area contributed by atoms with Gasteiger partial charge in [0.25, 0.3) is 5.91 Å². The van der Waals surface area contributed by atoms with E-state index in [2.05, 4.69) is 4.99 Å². The molecule has 28 heavy (non-hydrogen) atoms. The number of carbonyl (C=O) groups is 2. The van der Waals surface area contributed by atoms with Gasteiger partial charge in [-0.1, -0.05) is 23.2 Å². The molecule has 0 saturated carbocycles. The van der Waals surface area contributed by atoms with E-state index in [0.717, 1.165) is 11.8 Å². The molecule has 1 aliphatic rings. The Balaban J connectivity index is 1.95. The Kier molecular flexibility index (Phi) is 5.98. The van der Waals surface area contributed by atoms with E-state index >= 15 is 0 Å². The number of benzene rings is 2. The molecule has 1 heterocycles. The van der Waals surface area contributed by atoms with Crippen LogP contribution >= 0.6 is 35.0 Å². The van der Waals surface area contributed by atoms with Gasteiger partial charge in [-0.15, -0.1) is 0 Å². The molecule has 0 bridgehead atoms. The van der Waals surface area contributed by atoms with Gasteiger partial charge in [-0.2, -0.15) is 0 Å². The van der Waals surface area contributed by atoms with Gasteiger partial charge in [0.05, 0.1) is 21.2 Å². The molecule has 0 unspecified atom stereocenters. The molecule has 0 aliphatic carbocycles. The molecule has 1 saturated heterocycles. The zero-order chi connectivity index (χ0) is 20.4. The minimum absolute atomic E-state index is 0.0922. The predicted octanol–water partition coefficient (Wildman–Crippen LogP) is 5.02. The van der Waals surface area contributed by atoms with E-state index in [4.69, 9.17) is 28.3 Å². The average molecular weight is 437 g/mol. The van der Waals surface area contributed by atoms with Crippen LogP contribution in [0.1, 0.15) is 22.8 Å². The number of carbonyl (C=O) groups excluding carboxylic acids is 1. The highest BCUT2D eigenvalue weighted by atomic mass is 35.5. The number of halogens is 2. The number of phenolic OH excluding ortho intramolecular Hbond substituents is 1. The summed E-state index contributed by atoms with van der Waals surface area (Å²) >= 11 is 13.1. The van der Waals surface area contributed by atoms with E-state index in [1.165, 1.54) is 35.2 Å². The minimum atomic E-state index is -1.02. The number of carboxylic acid groups (broad SMARTS) is 1. The van der Waals surface area contributed by atoms with Crippen molar-refractivity contribution in [3.8, 4) is 5.75 Å². The maximum absolute atomic E-state index is 12.7. The number of phenols is 1. The van der Waals surface area contributed by atoms with Crippen molar-refractivity contribution >= 4 is 63.8 Å². The normalized spacial score (nSPS) is 17.0. The summed E-state index contributed by atoms with van der Waals surface area (Å²) in [5.74, 6) is -1.45. The van der Waals surface area contributed by atoms with Crippen LogP contribution in [-0.2, 0) is 4.79 Å². The maximum atomic E-state index is 12.7. The van der Waals surface area contributed by atoms with Crippen molar-refractivity contribution in [2.45, 2.75) is 6.92 Å². The fourth-order valence-corrected chi connectivity index (χ4v) is 4.06. The lowest BCUT2D eigenvalue weighted by Crippen LogP contribution is -2.28. The summed E-state index contributed by atoms with van der Waals surface area (Å²) < 4.78 is 0. The molecule has 2 aromatic carbocycles. The molecular weight excluding hydrogens is 423 g/mol. The number of hydrogen-bond acceptors (Lipinski definition) is 5. The zero-order valence-corrected chi connectivity index (χ0v) is 16.8. The van der Waals surface area contributed by atoms with Crippen molar-refractivity contribution < 1.29 is 19.8 Å². The highest BCUT2D eigenvalue weighted by Gasteiger charge is 2.32. The third-order valence-corrected chi connectivity index (χ3v) is 5.40. The van der Waals surface area contributed by atoms with Gasteiger partial charge in [0, 0.05) is 17.1 Å². The highest BCUT2D eigenvalue weighted by Crippen LogP contribution is 2.38. The summed E-state index contributed by atoms with van der Waals surface area (Å²) in [7, 11) is 0. The van der Waals surface area contributed by atoms with Gasteiger partial charge in [-0.3, -0.25) is 9.69 Å². The van der Waals surface area contributed by atoms with Gasteiger partial charge >= 0.3 is 5.97 Å². The van der Waals surface area contributed by atoms with Crippen LogP contribution in [0.2, 0.25) is 10.0 Å². The van der Waals surface area contributed by atoms with Gasteiger partial charge in [-0.05, 0) is 61.2 Å². The Morgan fingerprint density at radius 3 is 2.54 bits per heavy atom. The molecule has 1 aliphatic heterocycles. The summed E-state index contributed by atoms with van der Waals surface area (Å²) in [5.41, 5.74) is 1.01. The first-order valence-corrected chi connectivity index (χ1v) is 9.69. The van der Waals surface area contributed by atoms with Gasteiger partial charge in [0.1, 0.15) is 5.75 Å². The highest BCUT2D eigenvalue weighted by molar-refractivity contribution is 8.18. The largest absolute Gasteiger partial charge is 0.506 e. The molecule has 2 N–H and O–H groups in total. The molecule has 0 aromatic heterocycles. The molecule has 0 radical (unpaired) electrons. The van der Waals surface area contributed by atoms with Gasteiger partial charge in [0.2, 0.25) is 0 Å². The lowest BCUT2D eigenvalue weighted by atomic mass is 10.2. The number of amides is 1. The van der Waals surface area contributed by atoms with Crippen LogP contribution in [0.5, 0.6) is 5.75 Å². The standard InChI is InChI=1S/C19H14Cl2N2O4S/c1-2-23-17(25)15(8-11-7-12(20)9-14(21)16(11)24)28-19(23)22-13-5-3-10(4-6-13)18(26)27/h3-9,24H,2H2,1H3,(H,26,27). The van der Waals surface area contributed by atoms with Crippen LogP contribution in [0, 0.1) is 0 Å². The van der Waals surface area contributed by atoms with Crippen LogP contribution in [0.25, 0.3) is 6.08 Å². The van der Waals surface area contributed by atoms with Crippen LogP contribution in [0.15, 0.2) is 46.3 Å². The third kappa shape index (κ3) is 4.16. The van der Waals surface area contributed by atoms with Gasteiger partial charge in [-0.25, -0.2) is 9.79 Å². The second kappa shape index (κ2) is 8.26. The average Bonchev–Trinajstić information content (AvgIpc) is 2.94. The van der Waals surface area contributed by atoms with E-state index in [-0.39, 0.29) is 22.2 Å². The quantitative estimate of drug-likeness (QED) is 0.656. The predicted molar refractivity (Wildman–Crippen MR) is 112 cm³/mol. The SMILES string of the molecule is CCN1C(=O)C(=Cc2cc(Cl)cc(Cl)c2O)SC1=Nc1ccc(C(=O)O)cc1. The number of rotatable bonds is 4. The molecule has 6 nitrogen and oxygen atoms in total. The van der Waals surface area contributed by atoms with Crippen molar-refractivity contribution in [3.63, 3.8) is 0 Å². The molecule has 0 atom stereocenters. The van der Waals surface area contributed by atoms with Crippen molar-refractivity contribution in [1.29, 1.82) is 0 Å². The molecule has 9 heteroatoms. The van der Waals surface area contributed by atoms with E-state index in [0.29, 0.717) is 32.9 Å². The summed E-state index contributed by atoms with van der Waals surface area (Å²) in [6, 6.07) is 8.96. The van der Waals surface area contributed by atoms with Crippen LogP contribution < -0.4 is 0 Å². The summed E-state index contributed by atoms with van der Waals surface area (Å²) in [6.07, 6.45) is 1.51. The fourth-order valence-electron chi connectivity index (χ4n) is 2.50. The Hall–Kier alpha value is -2.48. The maximum Gasteiger partial charge on any atom is 0.335 e. The molecular formula is C19H14Cl2N2O4S. The second-order valence-electron chi connectivity index (χ2n) is 5.73. The monoisotopic (exact) mass is 436 g/mol. The fraction of sp³-hybridized carbons (Fsp3) is 0.105. The summed E-state index contributed by atoms with van der Waals surface area (Å²) in [4.78, 5) is 29.9. The van der Waals surface area contributed by atoms with Crippen molar-refractivity contribution in [3.05, 3.63) is 62.5 Å². The molecule has 1 amide bonds. The lowest BCUT2D eigenvalue weighted by Gasteiger charge is -2.12. The topological polar surface area (TPSA) is 90.2 Å². The molecule has 2 aromatic rings. The molecule has 1 fully saturated rings. The molecule has 0 spiro atoms. The van der Waals surface area contributed by atoms with E-state index < -0.39 is 5.97 Å². The number of likely N-dealkylation sites (N-methyl/N-ethyl adjacent to an activating group) is 1. The minimum Gasteiger partial charge on any atom is -0.506 e. The number of aromatic carboxylic acids is 1. The Morgan fingerprint density at radius 2 is 1.93 bits per heavy atom. The lowest BCUT2D eigenvalue weighted by molar-refractivity contribution is -0.122. The number of aliphatic imine (C=N–C) groups is 1. The molecule has 144 valence electrons. The third-order valence-electron chi connectivity index (χ3n) is 3.89. The van der Waals surface area contributed by atoms with E-state index in [1.54, 1.807) is 12.1 Å². The van der Waals surface area contributed by atoms with Gasteiger partial charge < -0.3 is 10.2 Å². The number of hydrogen-bond donors (Lipinski definition) is 2. The zero-order valence-electron chi connectivity index (χ0n) is 14.5. The van der Waals surface area contributed by atoms with Gasteiger partial charge in [0.15, 0.2) is 5.17 Å². The van der Waals surface area contributed by atoms with Crippen molar-refractivity contribution in [2.75, 3.05) is 6.54 Å². The smallest absolute Gasteiger partial charge is 0.335 e. The van der Waals surface area contributed by atoms with Crippen LogP contribution in [0.4, 0.5) is 5.69 Å². The molecule has 3 rings (SSSR count). The van der Waals surface area contributed by atoms with E-state index in [1.807, 2.05) is 6.92 Å².